The van der Waals surface area contributed by atoms with Gasteiger partial charge >= 0.3 is 0 Å². The van der Waals surface area contributed by atoms with Gasteiger partial charge in [-0.3, -0.25) is 9.69 Å². The monoisotopic (exact) mass is 391 g/mol. The summed E-state index contributed by atoms with van der Waals surface area (Å²) < 4.78 is 13.9. The summed E-state index contributed by atoms with van der Waals surface area (Å²) in [6.45, 7) is 8.89. The van der Waals surface area contributed by atoms with Gasteiger partial charge in [0.15, 0.2) is 0 Å². The zero-order chi connectivity index (χ0) is 18.0. The molecule has 1 heterocycles. The molecule has 0 spiro atoms. The van der Waals surface area contributed by atoms with Crippen LogP contribution in [0.5, 0.6) is 0 Å². The molecule has 0 saturated carbocycles. The van der Waals surface area contributed by atoms with Crippen LogP contribution >= 0.6 is 24.0 Å². The maximum absolute atomic E-state index is 13.9. The highest BCUT2D eigenvalue weighted by molar-refractivity contribution is 6.30. The molecule has 2 rings (SSSR count). The van der Waals surface area contributed by atoms with Crippen LogP contribution in [0.4, 0.5) is 4.39 Å². The van der Waals surface area contributed by atoms with E-state index in [2.05, 4.69) is 24.1 Å². The summed E-state index contributed by atoms with van der Waals surface area (Å²) >= 11 is 5.81. The predicted octanol–water partition coefficient (Wildman–Crippen LogP) is 3.52. The number of nitrogens with one attached hydrogen (secondary N) is 1. The van der Waals surface area contributed by atoms with Crippen LogP contribution in [0, 0.1) is 11.7 Å². The van der Waals surface area contributed by atoms with Gasteiger partial charge < -0.3 is 11.1 Å². The Morgan fingerprint density at radius 3 is 2.52 bits per heavy atom. The van der Waals surface area contributed by atoms with Crippen LogP contribution in [0.1, 0.15) is 45.7 Å². The third-order valence-corrected chi connectivity index (χ3v) is 5.04. The van der Waals surface area contributed by atoms with E-state index in [1.807, 2.05) is 19.9 Å². The van der Waals surface area contributed by atoms with E-state index >= 15 is 0 Å². The van der Waals surface area contributed by atoms with E-state index in [0.29, 0.717) is 0 Å². The number of hydrogen-bond acceptors (Lipinski definition) is 3. The van der Waals surface area contributed by atoms with Crippen molar-refractivity contribution in [2.45, 2.75) is 58.3 Å². The highest BCUT2D eigenvalue weighted by atomic mass is 35.5. The molecule has 0 aromatic heterocycles. The van der Waals surface area contributed by atoms with Crippen molar-refractivity contribution in [2.24, 2.45) is 11.7 Å². The maximum Gasteiger partial charge on any atom is 0.237 e. The summed E-state index contributed by atoms with van der Waals surface area (Å²) in [6.07, 6.45) is 0.809. The number of likely N-dealkylation sites (tertiary alicyclic amines) is 1. The molecule has 0 aliphatic carbocycles. The van der Waals surface area contributed by atoms with Gasteiger partial charge in [-0.2, -0.15) is 0 Å². The lowest BCUT2D eigenvalue weighted by atomic mass is 9.97. The number of amides is 1. The number of hydrogen-bond donors (Lipinski definition) is 2. The van der Waals surface area contributed by atoms with Crippen molar-refractivity contribution in [3.05, 3.63) is 34.6 Å². The van der Waals surface area contributed by atoms with Gasteiger partial charge in [0, 0.05) is 18.6 Å². The third kappa shape index (κ3) is 5.07. The van der Waals surface area contributed by atoms with Crippen molar-refractivity contribution in [2.75, 3.05) is 6.54 Å². The molecule has 1 aliphatic heterocycles. The van der Waals surface area contributed by atoms with Gasteiger partial charge in [-0.1, -0.05) is 31.5 Å². The summed E-state index contributed by atoms with van der Waals surface area (Å²) in [7, 11) is 0. The largest absolute Gasteiger partial charge is 0.350 e. The zero-order valence-electron chi connectivity index (χ0n) is 15.1. The molecule has 0 radical (unpaired) electrons. The lowest BCUT2D eigenvalue weighted by Gasteiger charge is -2.32. The summed E-state index contributed by atoms with van der Waals surface area (Å²) in [5.41, 5.74) is 6.78. The Morgan fingerprint density at radius 1 is 1.36 bits per heavy atom. The lowest BCUT2D eigenvalue weighted by molar-refractivity contribution is -0.124. The fourth-order valence-electron chi connectivity index (χ4n) is 3.25. The molecule has 1 fully saturated rings. The topological polar surface area (TPSA) is 58.4 Å². The molecule has 0 bridgehead atoms. The highest BCUT2D eigenvalue weighted by Gasteiger charge is 2.38. The Balaban J connectivity index is 0.00000312. The zero-order valence-corrected chi connectivity index (χ0v) is 16.7. The summed E-state index contributed by atoms with van der Waals surface area (Å²) in [4.78, 5) is 14.6. The van der Waals surface area contributed by atoms with E-state index in [9.17, 15) is 9.18 Å². The Labute approximate surface area is 160 Å². The Hall–Kier alpha value is -0.880. The minimum atomic E-state index is -0.541. The van der Waals surface area contributed by atoms with Crippen molar-refractivity contribution < 1.29 is 9.18 Å². The smallest absolute Gasteiger partial charge is 0.237 e. The fraction of sp³-hybridized carbons (Fsp3) is 0.611. The number of nitrogens with two attached hydrogens (primary N) is 1. The van der Waals surface area contributed by atoms with E-state index in [1.54, 1.807) is 6.07 Å². The molecule has 2 unspecified atom stereocenters. The normalized spacial score (nSPS) is 22.1. The molecule has 1 aromatic rings. The molecule has 25 heavy (non-hydrogen) atoms. The average Bonchev–Trinajstić information content (AvgIpc) is 2.92. The second kappa shape index (κ2) is 9.17. The number of nitrogens with zero attached hydrogens (tertiary/aromatic N) is 1. The Morgan fingerprint density at radius 2 is 2.00 bits per heavy atom. The van der Waals surface area contributed by atoms with E-state index < -0.39 is 11.9 Å². The van der Waals surface area contributed by atoms with Gasteiger partial charge in [0.2, 0.25) is 5.91 Å². The highest BCUT2D eigenvalue weighted by Crippen LogP contribution is 2.35. The number of benzene rings is 1. The van der Waals surface area contributed by atoms with Gasteiger partial charge in [-0.15, -0.1) is 12.4 Å². The number of rotatable bonds is 5. The van der Waals surface area contributed by atoms with Crippen molar-refractivity contribution >= 4 is 29.9 Å². The van der Waals surface area contributed by atoms with Crippen LogP contribution in [-0.2, 0) is 4.79 Å². The van der Waals surface area contributed by atoms with Crippen LogP contribution in [0.25, 0.3) is 0 Å². The molecule has 3 atom stereocenters. The molecule has 7 heteroatoms. The van der Waals surface area contributed by atoms with Crippen molar-refractivity contribution in [1.82, 2.24) is 10.2 Å². The summed E-state index contributed by atoms with van der Waals surface area (Å²) in [5, 5.41) is 3.17. The average molecular weight is 392 g/mol. The first-order chi connectivity index (χ1) is 11.2. The SMILES string of the molecule is CC(C)[C@H](N)C(=O)NC1CCN(C(C)C)C1c1ccc(Cl)c(F)c1.Cl. The van der Waals surface area contributed by atoms with Crippen LogP contribution in [0.2, 0.25) is 5.02 Å². The molecule has 1 aliphatic rings. The Bertz CT molecular complexity index is 598. The molecule has 1 amide bonds. The molecule has 1 aromatic carbocycles. The number of carbonyl (C=O) groups excluding carboxylic acids is 1. The van der Waals surface area contributed by atoms with Gasteiger partial charge in [-0.05, 0) is 43.9 Å². The predicted molar refractivity (Wildman–Crippen MR) is 103 cm³/mol. The van der Waals surface area contributed by atoms with Gasteiger partial charge in [0.1, 0.15) is 5.82 Å². The van der Waals surface area contributed by atoms with Crippen LogP contribution in [0.3, 0.4) is 0 Å². The molecule has 3 N–H and O–H groups in total. The van der Waals surface area contributed by atoms with Crippen molar-refractivity contribution in [3.63, 3.8) is 0 Å². The summed E-state index contributed by atoms with van der Waals surface area (Å²) in [6, 6.07) is 4.44. The first-order valence-corrected chi connectivity index (χ1v) is 8.86. The fourth-order valence-corrected chi connectivity index (χ4v) is 3.37. The molecule has 1 saturated heterocycles. The van der Waals surface area contributed by atoms with E-state index in [1.165, 1.54) is 6.07 Å². The first kappa shape index (κ1) is 22.2. The van der Waals surface area contributed by atoms with E-state index in [-0.39, 0.29) is 47.4 Å². The molecule has 4 nitrogen and oxygen atoms in total. The molecular weight excluding hydrogens is 364 g/mol. The van der Waals surface area contributed by atoms with Crippen LogP contribution < -0.4 is 11.1 Å². The quantitative estimate of drug-likeness (QED) is 0.806. The Kier molecular flexibility index (Phi) is 8.13. The summed E-state index contributed by atoms with van der Waals surface area (Å²) in [5.74, 6) is -0.521. The lowest BCUT2D eigenvalue weighted by Crippen LogP contribution is -2.49. The van der Waals surface area contributed by atoms with Gasteiger partial charge in [0.25, 0.3) is 0 Å². The van der Waals surface area contributed by atoms with E-state index in [0.717, 1.165) is 18.5 Å². The van der Waals surface area contributed by atoms with E-state index in [4.69, 9.17) is 17.3 Å². The molecule has 142 valence electrons. The van der Waals surface area contributed by atoms with Crippen LogP contribution in [-0.4, -0.2) is 35.5 Å². The standard InChI is InChI=1S/C18H27ClFN3O.ClH/c1-10(2)16(21)18(24)22-15-7-8-23(11(3)4)17(15)12-5-6-13(19)14(20)9-12;/h5-6,9-11,15-17H,7-8,21H2,1-4H3,(H,22,24);1H/t15?,16-,17?;/m0./s1. The van der Waals surface area contributed by atoms with Crippen molar-refractivity contribution in [1.29, 1.82) is 0 Å². The number of halogens is 3. The van der Waals surface area contributed by atoms with Gasteiger partial charge in [0.05, 0.1) is 17.1 Å². The first-order valence-electron chi connectivity index (χ1n) is 8.49. The number of carbonyl (C=O) groups is 1. The maximum atomic E-state index is 13.9. The third-order valence-electron chi connectivity index (χ3n) is 4.73. The second-order valence-electron chi connectivity index (χ2n) is 7.12. The van der Waals surface area contributed by atoms with Crippen molar-refractivity contribution in [3.8, 4) is 0 Å². The van der Waals surface area contributed by atoms with Crippen LogP contribution in [0.15, 0.2) is 18.2 Å². The van der Waals surface area contributed by atoms with Gasteiger partial charge in [-0.25, -0.2) is 4.39 Å². The minimum Gasteiger partial charge on any atom is -0.350 e. The minimum absolute atomic E-state index is 0. The molecular formula is C18H28Cl2FN3O. The second-order valence-corrected chi connectivity index (χ2v) is 7.53.